The zero-order valence-corrected chi connectivity index (χ0v) is 10.4. The molecule has 0 N–H and O–H groups in total. The van der Waals surface area contributed by atoms with E-state index in [1.54, 1.807) is 30.3 Å². The molecule has 92 valence electrons. The molecule has 0 radical (unpaired) electrons. The molecule has 0 aliphatic heterocycles. The van der Waals surface area contributed by atoms with Crippen LogP contribution in [0.1, 0.15) is 5.56 Å². The van der Waals surface area contributed by atoms with Gasteiger partial charge in [-0.3, -0.25) is 0 Å². The molecule has 0 spiro atoms. The summed E-state index contributed by atoms with van der Waals surface area (Å²) in [5.74, 6) is 0.848. The fourth-order valence-electron chi connectivity index (χ4n) is 1.50. The number of benzene rings is 2. The van der Waals surface area contributed by atoms with E-state index in [1.807, 2.05) is 24.3 Å². The van der Waals surface area contributed by atoms with Gasteiger partial charge >= 0.3 is 0 Å². The molecule has 0 unspecified atom stereocenters. The molecule has 0 fully saturated rings. The van der Waals surface area contributed by atoms with Crippen molar-refractivity contribution in [1.82, 2.24) is 0 Å². The van der Waals surface area contributed by atoms with Gasteiger partial charge in [-0.1, -0.05) is 36.4 Å². The SMILES string of the molecule is Fc1ccc(C=CCCl)cc1Oc1ccccc1. The largest absolute Gasteiger partial charge is 0.454 e. The lowest BCUT2D eigenvalue weighted by atomic mass is 10.2. The molecule has 1 nitrogen and oxygen atoms in total. The number of para-hydroxylation sites is 1. The Morgan fingerprint density at radius 2 is 1.89 bits per heavy atom. The van der Waals surface area contributed by atoms with Crippen LogP contribution in [0, 0.1) is 5.82 Å². The maximum atomic E-state index is 13.6. The summed E-state index contributed by atoms with van der Waals surface area (Å²) < 4.78 is 19.1. The Morgan fingerprint density at radius 3 is 2.61 bits per heavy atom. The van der Waals surface area contributed by atoms with E-state index in [2.05, 4.69) is 0 Å². The second kappa shape index (κ2) is 6.22. The van der Waals surface area contributed by atoms with Gasteiger partial charge in [-0.25, -0.2) is 4.39 Å². The zero-order valence-electron chi connectivity index (χ0n) is 9.64. The third kappa shape index (κ3) is 3.34. The first-order valence-electron chi connectivity index (χ1n) is 5.54. The number of halogens is 2. The molecule has 0 amide bonds. The van der Waals surface area contributed by atoms with E-state index in [0.717, 1.165) is 5.56 Å². The van der Waals surface area contributed by atoms with Crippen LogP contribution in [0.15, 0.2) is 54.6 Å². The van der Waals surface area contributed by atoms with Crippen molar-refractivity contribution in [1.29, 1.82) is 0 Å². The van der Waals surface area contributed by atoms with E-state index in [4.69, 9.17) is 16.3 Å². The molecule has 2 aromatic carbocycles. The van der Waals surface area contributed by atoms with Gasteiger partial charge in [-0.05, 0) is 29.8 Å². The molecule has 0 saturated carbocycles. The number of alkyl halides is 1. The summed E-state index contributed by atoms with van der Waals surface area (Å²) >= 11 is 5.56. The predicted molar refractivity (Wildman–Crippen MR) is 72.7 cm³/mol. The Kier molecular flexibility index (Phi) is 4.37. The molecule has 0 bridgehead atoms. The number of hydrogen-bond donors (Lipinski definition) is 0. The Morgan fingerprint density at radius 1 is 1.11 bits per heavy atom. The van der Waals surface area contributed by atoms with Crippen molar-refractivity contribution in [2.45, 2.75) is 0 Å². The van der Waals surface area contributed by atoms with Gasteiger partial charge in [0, 0.05) is 5.88 Å². The minimum atomic E-state index is -0.387. The highest BCUT2D eigenvalue weighted by Crippen LogP contribution is 2.25. The Balaban J connectivity index is 2.24. The lowest BCUT2D eigenvalue weighted by Crippen LogP contribution is -1.88. The van der Waals surface area contributed by atoms with Crippen molar-refractivity contribution in [3.63, 3.8) is 0 Å². The van der Waals surface area contributed by atoms with Crippen molar-refractivity contribution in [2.24, 2.45) is 0 Å². The first-order chi connectivity index (χ1) is 8.79. The highest BCUT2D eigenvalue weighted by atomic mass is 35.5. The van der Waals surface area contributed by atoms with Crippen LogP contribution >= 0.6 is 11.6 Å². The summed E-state index contributed by atoms with van der Waals surface area (Å²) in [6.07, 6.45) is 3.62. The first kappa shape index (κ1) is 12.7. The van der Waals surface area contributed by atoms with Crippen LogP contribution in [-0.2, 0) is 0 Å². The molecule has 0 heterocycles. The van der Waals surface area contributed by atoms with Gasteiger partial charge in [0.15, 0.2) is 11.6 Å². The van der Waals surface area contributed by atoms with E-state index in [1.165, 1.54) is 6.07 Å². The van der Waals surface area contributed by atoms with Crippen LogP contribution in [0.5, 0.6) is 11.5 Å². The molecular weight excluding hydrogens is 251 g/mol. The van der Waals surface area contributed by atoms with Crippen LogP contribution in [-0.4, -0.2) is 5.88 Å². The highest BCUT2D eigenvalue weighted by Gasteiger charge is 2.04. The average Bonchev–Trinajstić information content (AvgIpc) is 2.41. The molecule has 0 aliphatic rings. The minimum absolute atomic E-state index is 0.206. The number of ether oxygens (including phenoxy) is 1. The van der Waals surface area contributed by atoms with Gasteiger partial charge in [-0.2, -0.15) is 0 Å². The second-order valence-electron chi connectivity index (χ2n) is 3.66. The minimum Gasteiger partial charge on any atom is -0.454 e. The summed E-state index contributed by atoms with van der Waals surface area (Å²) in [6, 6.07) is 13.8. The number of allylic oxidation sites excluding steroid dienone is 1. The Labute approximate surface area is 110 Å². The summed E-state index contributed by atoms with van der Waals surface area (Å²) in [4.78, 5) is 0. The van der Waals surface area contributed by atoms with E-state index in [0.29, 0.717) is 11.6 Å². The highest BCUT2D eigenvalue weighted by molar-refractivity contribution is 6.19. The third-order valence-electron chi connectivity index (χ3n) is 2.33. The molecule has 3 heteroatoms. The Bertz CT molecular complexity index is 537. The van der Waals surface area contributed by atoms with Crippen molar-refractivity contribution in [2.75, 3.05) is 5.88 Å². The molecule has 0 aliphatic carbocycles. The molecule has 0 aromatic heterocycles. The van der Waals surface area contributed by atoms with Gasteiger partial charge in [0.2, 0.25) is 0 Å². The predicted octanol–water partition coefficient (Wildman–Crippen LogP) is 4.87. The summed E-state index contributed by atoms with van der Waals surface area (Å²) in [7, 11) is 0. The standard InChI is InChI=1S/C15H12ClFO/c16-10-4-5-12-8-9-14(17)15(11-12)18-13-6-2-1-3-7-13/h1-9,11H,10H2. The van der Waals surface area contributed by atoms with Crippen LogP contribution in [0.2, 0.25) is 0 Å². The Hall–Kier alpha value is -1.80. The maximum Gasteiger partial charge on any atom is 0.165 e. The molecule has 0 saturated heterocycles. The lowest BCUT2D eigenvalue weighted by Gasteiger charge is -2.07. The molecule has 2 rings (SSSR count). The van der Waals surface area contributed by atoms with Crippen LogP contribution in [0.25, 0.3) is 6.08 Å². The van der Waals surface area contributed by atoms with Crippen LogP contribution in [0.4, 0.5) is 4.39 Å². The lowest BCUT2D eigenvalue weighted by molar-refractivity contribution is 0.442. The summed E-state index contributed by atoms with van der Waals surface area (Å²) in [5, 5.41) is 0. The van der Waals surface area contributed by atoms with Gasteiger partial charge in [0.1, 0.15) is 5.75 Å². The van der Waals surface area contributed by atoms with Gasteiger partial charge in [0.05, 0.1) is 0 Å². The smallest absolute Gasteiger partial charge is 0.165 e. The second-order valence-corrected chi connectivity index (χ2v) is 3.97. The average molecular weight is 263 g/mol. The fraction of sp³-hybridized carbons (Fsp3) is 0.0667. The van der Waals surface area contributed by atoms with Crippen molar-refractivity contribution in [3.8, 4) is 11.5 Å². The van der Waals surface area contributed by atoms with E-state index in [-0.39, 0.29) is 11.6 Å². The summed E-state index contributed by atoms with van der Waals surface area (Å²) in [6.45, 7) is 0. The topological polar surface area (TPSA) is 9.23 Å². The van der Waals surface area contributed by atoms with E-state index < -0.39 is 0 Å². The van der Waals surface area contributed by atoms with Crippen molar-refractivity contribution < 1.29 is 9.13 Å². The monoisotopic (exact) mass is 262 g/mol. The van der Waals surface area contributed by atoms with Crippen LogP contribution in [0.3, 0.4) is 0 Å². The first-order valence-corrected chi connectivity index (χ1v) is 6.08. The van der Waals surface area contributed by atoms with E-state index >= 15 is 0 Å². The summed E-state index contributed by atoms with van der Waals surface area (Å²) in [5.41, 5.74) is 0.850. The number of hydrogen-bond acceptors (Lipinski definition) is 1. The van der Waals surface area contributed by atoms with Crippen molar-refractivity contribution in [3.05, 3.63) is 66.0 Å². The van der Waals surface area contributed by atoms with Crippen LogP contribution < -0.4 is 4.74 Å². The maximum absolute atomic E-state index is 13.6. The molecule has 2 aromatic rings. The van der Waals surface area contributed by atoms with Gasteiger partial charge in [0.25, 0.3) is 0 Å². The molecule has 0 atom stereocenters. The zero-order chi connectivity index (χ0) is 12.8. The quantitative estimate of drug-likeness (QED) is 0.714. The van der Waals surface area contributed by atoms with Gasteiger partial charge in [-0.15, -0.1) is 11.6 Å². The van der Waals surface area contributed by atoms with Crippen molar-refractivity contribution >= 4 is 17.7 Å². The van der Waals surface area contributed by atoms with Gasteiger partial charge < -0.3 is 4.74 Å². The molecular formula is C15H12ClFO. The third-order valence-corrected chi connectivity index (χ3v) is 2.50. The fourth-order valence-corrected chi connectivity index (χ4v) is 1.59. The normalized spacial score (nSPS) is 10.8. The number of rotatable bonds is 4. The molecule has 18 heavy (non-hydrogen) atoms. The van der Waals surface area contributed by atoms with E-state index in [9.17, 15) is 4.39 Å².